The average molecular weight is 468 g/mol. The zero-order valence-corrected chi connectivity index (χ0v) is 17.9. The van der Waals surface area contributed by atoms with Crippen LogP contribution in [0.2, 0.25) is 0 Å². The normalized spacial score (nSPS) is 10.2. The van der Waals surface area contributed by atoms with E-state index in [1.54, 1.807) is 37.3 Å². The van der Waals surface area contributed by atoms with E-state index < -0.39 is 5.56 Å². The third-order valence-electron chi connectivity index (χ3n) is 4.23. The molecule has 1 heterocycles. The highest BCUT2D eigenvalue weighted by atomic mass is 79.9. The lowest BCUT2D eigenvalue weighted by atomic mass is 10.0. The van der Waals surface area contributed by atoms with E-state index in [0.29, 0.717) is 38.5 Å². The number of para-hydroxylation sites is 1. The van der Waals surface area contributed by atoms with Crippen LogP contribution in [0.5, 0.6) is 11.5 Å². The summed E-state index contributed by atoms with van der Waals surface area (Å²) < 4.78 is 11.6. The Bertz CT molecular complexity index is 1180. The van der Waals surface area contributed by atoms with Crippen LogP contribution in [-0.4, -0.2) is 24.6 Å². The predicted molar refractivity (Wildman–Crippen MR) is 117 cm³/mol. The molecule has 30 heavy (non-hydrogen) atoms. The molecule has 2 N–H and O–H groups in total. The van der Waals surface area contributed by atoms with E-state index in [1.807, 2.05) is 24.3 Å². The van der Waals surface area contributed by atoms with Crippen LogP contribution in [0.25, 0.3) is 11.1 Å². The van der Waals surface area contributed by atoms with Crippen molar-refractivity contribution in [2.45, 2.75) is 6.92 Å². The van der Waals surface area contributed by atoms with E-state index in [-0.39, 0.29) is 18.1 Å². The zero-order chi connectivity index (χ0) is 21.7. The molecule has 7 nitrogen and oxygen atoms in total. The largest absolute Gasteiger partial charge is 0.493 e. The molecule has 0 fully saturated rings. The number of hydrogen-bond donors (Lipinski definition) is 2. The van der Waals surface area contributed by atoms with E-state index in [2.05, 4.69) is 26.2 Å². The number of carbonyl (C=O) groups is 1. The van der Waals surface area contributed by atoms with Crippen molar-refractivity contribution < 1.29 is 14.3 Å². The van der Waals surface area contributed by atoms with Gasteiger partial charge in [-0.25, -0.2) is 0 Å². The summed E-state index contributed by atoms with van der Waals surface area (Å²) in [6.07, 6.45) is 0. The van der Waals surface area contributed by atoms with Gasteiger partial charge < -0.3 is 19.8 Å². The standard InChI is InChI=1S/C22H18BrN3O4/c1-13-8-16(17(11-24)22(28)25-13)14-9-18(23)21(19(10-14)29-2)30-12-20(27)26-15-6-4-3-5-7-15/h3-10H,12H2,1-2H3,(H,25,28)(H,26,27). The summed E-state index contributed by atoms with van der Waals surface area (Å²) >= 11 is 3.43. The topological polar surface area (TPSA) is 104 Å². The third kappa shape index (κ3) is 4.70. The van der Waals surface area contributed by atoms with Crippen molar-refractivity contribution >= 4 is 27.5 Å². The molecule has 2 aromatic carbocycles. The van der Waals surface area contributed by atoms with Crippen LogP contribution in [0, 0.1) is 18.3 Å². The lowest BCUT2D eigenvalue weighted by molar-refractivity contribution is -0.118. The van der Waals surface area contributed by atoms with Crippen molar-refractivity contribution in [1.82, 2.24) is 4.98 Å². The molecular weight excluding hydrogens is 450 g/mol. The molecule has 0 radical (unpaired) electrons. The second kappa shape index (κ2) is 9.29. The van der Waals surface area contributed by atoms with Gasteiger partial charge in [0.15, 0.2) is 18.1 Å². The molecule has 0 bridgehead atoms. The molecule has 0 saturated carbocycles. The molecule has 0 spiro atoms. The number of methoxy groups -OCH3 is 1. The first-order chi connectivity index (χ1) is 14.4. The number of halogens is 1. The summed E-state index contributed by atoms with van der Waals surface area (Å²) in [4.78, 5) is 26.9. The quantitative estimate of drug-likeness (QED) is 0.569. The number of rotatable bonds is 6. The van der Waals surface area contributed by atoms with Crippen molar-refractivity contribution in [1.29, 1.82) is 5.26 Å². The number of aromatic nitrogens is 1. The number of anilines is 1. The molecule has 0 atom stereocenters. The Labute approximate surface area is 181 Å². The summed E-state index contributed by atoms with van der Waals surface area (Å²) in [7, 11) is 1.47. The Morgan fingerprint density at radius 3 is 2.63 bits per heavy atom. The molecule has 0 aliphatic rings. The maximum Gasteiger partial charge on any atom is 0.266 e. The number of amides is 1. The Kier molecular flexibility index (Phi) is 6.54. The summed E-state index contributed by atoms with van der Waals surface area (Å²) in [5, 5.41) is 12.1. The van der Waals surface area contributed by atoms with E-state index in [9.17, 15) is 14.9 Å². The molecule has 0 saturated heterocycles. The second-order valence-electron chi connectivity index (χ2n) is 6.37. The van der Waals surface area contributed by atoms with Crippen LogP contribution in [0.1, 0.15) is 11.3 Å². The zero-order valence-electron chi connectivity index (χ0n) is 16.3. The van der Waals surface area contributed by atoms with Crippen LogP contribution < -0.4 is 20.3 Å². The van der Waals surface area contributed by atoms with Crippen LogP contribution in [0.15, 0.2) is 57.8 Å². The summed E-state index contributed by atoms with van der Waals surface area (Å²) in [5.74, 6) is 0.370. The first-order valence-electron chi connectivity index (χ1n) is 8.92. The Morgan fingerprint density at radius 1 is 1.23 bits per heavy atom. The number of aryl methyl sites for hydroxylation is 1. The number of benzene rings is 2. The SMILES string of the molecule is COc1cc(-c2cc(C)[nH]c(=O)c2C#N)cc(Br)c1OCC(=O)Nc1ccccc1. The molecule has 3 aromatic rings. The first-order valence-corrected chi connectivity index (χ1v) is 9.72. The second-order valence-corrected chi connectivity index (χ2v) is 7.23. The highest BCUT2D eigenvalue weighted by Crippen LogP contribution is 2.40. The van der Waals surface area contributed by atoms with Crippen LogP contribution in [0.4, 0.5) is 5.69 Å². The van der Waals surface area contributed by atoms with Crippen molar-refractivity contribution in [3.63, 3.8) is 0 Å². The minimum Gasteiger partial charge on any atom is -0.493 e. The first kappa shape index (κ1) is 21.1. The number of H-pyrrole nitrogens is 1. The summed E-state index contributed by atoms with van der Waals surface area (Å²) in [6, 6.07) is 16.1. The Hall–Kier alpha value is -3.57. The fourth-order valence-corrected chi connectivity index (χ4v) is 3.46. The number of nitrogens with one attached hydrogen (secondary N) is 2. The van der Waals surface area contributed by atoms with Crippen LogP contribution in [0.3, 0.4) is 0 Å². The number of aromatic amines is 1. The van der Waals surface area contributed by atoms with E-state index >= 15 is 0 Å². The lowest BCUT2D eigenvalue weighted by Gasteiger charge is -2.15. The van der Waals surface area contributed by atoms with Gasteiger partial charge in [-0.3, -0.25) is 9.59 Å². The Morgan fingerprint density at radius 2 is 1.97 bits per heavy atom. The van der Waals surface area contributed by atoms with E-state index in [1.165, 1.54) is 7.11 Å². The van der Waals surface area contributed by atoms with Gasteiger partial charge in [0.05, 0.1) is 11.6 Å². The highest BCUT2D eigenvalue weighted by molar-refractivity contribution is 9.10. The van der Waals surface area contributed by atoms with Gasteiger partial charge in [-0.2, -0.15) is 5.26 Å². The number of nitrogens with zero attached hydrogens (tertiary/aromatic N) is 1. The summed E-state index contributed by atoms with van der Waals surface area (Å²) in [5.41, 5.74) is 1.92. The predicted octanol–water partition coefficient (Wildman–Crippen LogP) is 4.01. The van der Waals surface area contributed by atoms with Gasteiger partial charge >= 0.3 is 0 Å². The molecule has 3 rings (SSSR count). The molecule has 1 amide bonds. The Balaban J connectivity index is 1.88. The highest BCUT2D eigenvalue weighted by Gasteiger charge is 2.17. The molecule has 0 aliphatic heterocycles. The fraction of sp³-hybridized carbons (Fsp3) is 0.136. The van der Waals surface area contributed by atoms with E-state index in [4.69, 9.17) is 9.47 Å². The van der Waals surface area contributed by atoms with Crippen molar-refractivity contribution in [3.05, 3.63) is 74.6 Å². The molecule has 8 heteroatoms. The number of ether oxygens (including phenoxy) is 2. The van der Waals surface area contributed by atoms with Crippen LogP contribution in [-0.2, 0) is 4.79 Å². The molecule has 1 aromatic heterocycles. The van der Waals surface area contributed by atoms with Crippen molar-refractivity contribution in [3.8, 4) is 28.7 Å². The van der Waals surface area contributed by atoms with Crippen molar-refractivity contribution in [2.75, 3.05) is 19.0 Å². The number of nitriles is 1. The van der Waals surface area contributed by atoms with Gasteiger partial charge in [0.25, 0.3) is 11.5 Å². The third-order valence-corrected chi connectivity index (χ3v) is 4.81. The minimum absolute atomic E-state index is 0.00506. The molecule has 0 aliphatic carbocycles. The number of carbonyl (C=O) groups excluding carboxylic acids is 1. The van der Waals surface area contributed by atoms with Crippen molar-refractivity contribution in [2.24, 2.45) is 0 Å². The molecule has 0 unspecified atom stereocenters. The number of pyridine rings is 1. The molecular formula is C22H18BrN3O4. The fourth-order valence-electron chi connectivity index (χ4n) is 2.90. The van der Waals surface area contributed by atoms with Gasteiger partial charge in [0.2, 0.25) is 0 Å². The average Bonchev–Trinajstić information content (AvgIpc) is 2.72. The van der Waals surface area contributed by atoms with Gasteiger partial charge in [-0.15, -0.1) is 0 Å². The van der Waals surface area contributed by atoms with Gasteiger partial charge in [0.1, 0.15) is 11.6 Å². The lowest BCUT2D eigenvalue weighted by Crippen LogP contribution is -2.20. The monoisotopic (exact) mass is 467 g/mol. The van der Waals surface area contributed by atoms with E-state index in [0.717, 1.165) is 0 Å². The molecule has 152 valence electrons. The smallest absolute Gasteiger partial charge is 0.266 e. The summed E-state index contributed by atoms with van der Waals surface area (Å²) in [6.45, 7) is 1.51. The maximum absolute atomic E-state index is 12.2. The maximum atomic E-state index is 12.2. The van der Waals surface area contributed by atoms with Gasteiger partial charge in [0, 0.05) is 16.9 Å². The van der Waals surface area contributed by atoms with Gasteiger partial charge in [-0.05, 0) is 58.7 Å². The van der Waals surface area contributed by atoms with Gasteiger partial charge in [-0.1, -0.05) is 18.2 Å². The number of hydrogen-bond acceptors (Lipinski definition) is 5. The minimum atomic E-state index is -0.458. The van der Waals surface area contributed by atoms with Crippen LogP contribution >= 0.6 is 15.9 Å².